The summed E-state index contributed by atoms with van der Waals surface area (Å²) in [5.41, 5.74) is 1.02. The molecule has 164 valence electrons. The van der Waals surface area contributed by atoms with Crippen molar-refractivity contribution in [1.29, 1.82) is 0 Å². The van der Waals surface area contributed by atoms with Crippen molar-refractivity contribution in [2.45, 2.75) is 50.5 Å². The summed E-state index contributed by atoms with van der Waals surface area (Å²) < 4.78 is 3.45. The van der Waals surface area contributed by atoms with Gasteiger partial charge in [0.1, 0.15) is 5.82 Å². The summed E-state index contributed by atoms with van der Waals surface area (Å²) in [5, 5.41) is 4.61. The molecule has 0 bridgehead atoms. The molecule has 1 aromatic carbocycles. The number of aryl methyl sites for hydroxylation is 1. The molecular weight excluding hydrogens is 394 g/mol. The molecule has 5 rings (SSSR count). The van der Waals surface area contributed by atoms with Crippen LogP contribution in [0.2, 0.25) is 0 Å². The van der Waals surface area contributed by atoms with E-state index in [1.54, 1.807) is 31.3 Å². The van der Waals surface area contributed by atoms with Gasteiger partial charge in [0, 0.05) is 32.1 Å². The molecule has 1 saturated carbocycles. The number of carbonyl (C=O) groups excluding carboxylic acids is 2. The Morgan fingerprint density at radius 1 is 0.903 bits per heavy atom. The fourth-order valence-electron chi connectivity index (χ4n) is 5.38. The van der Waals surface area contributed by atoms with E-state index in [0.29, 0.717) is 30.3 Å². The van der Waals surface area contributed by atoms with Crippen LogP contribution in [0, 0.1) is 0 Å². The normalized spacial score (nSPS) is 20.7. The van der Waals surface area contributed by atoms with Gasteiger partial charge in [-0.3, -0.25) is 19.1 Å². The number of fused-ring (bicyclic) bond motifs is 1. The van der Waals surface area contributed by atoms with Gasteiger partial charge in [0.15, 0.2) is 0 Å². The van der Waals surface area contributed by atoms with Gasteiger partial charge in [0.05, 0.1) is 11.1 Å². The largest absolute Gasteiger partial charge is 0.345 e. The van der Waals surface area contributed by atoms with Gasteiger partial charge in [-0.2, -0.15) is 5.10 Å². The minimum absolute atomic E-state index is 0.00922. The molecule has 1 saturated heterocycles. The minimum atomic E-state index is -0.190. The van der Waals surface area contributed by atoms with Crippen molar-refractivity contribution in [1.82, 2.24) is 24.1 Å². The molecule has 8 heteroatoms. The van der Waals surface area contributed by atoms with Crippen LogP contribution in [0.4, 0.5) is 0 Å². The molecule has 2 amide bonds. The first-order valence-electron chi connectivity index (χ1n) is 11.4. The maximum Gasteiger partial charge on any atom is 0.345 e. The van der Waals surface area contributed by atoms with Gasteiger partial charge in [-0.15, -0.1) is 0 Å². The molecular formula is C23H29N5O3. The summed E-state index contributed by atoms with van der Waals surface area (Å²) >= 11 is 0. The molecule has 2 fully saturated rings. The Labute approximate surface area is 181 Å². The maximum atomic E-state index is 12.7. The summed E-state index contributed by atoms with van der Waals surface area (Å²) in [6.07, 6.45) is 6.37. The highest BCUT2D eigenvalue weighted by Crippen LogP contribution is 2.33. The predicted molar refractivity (Wildman–Crippen MR) is 115 cm³/mol. The van der Waals surface area contributed by atoms with E-state index in [1.807, 2.05) is 4.57 Å². The average molecular weight is 424 g/mol. The highest BCUT2D eigenvalue weighted by Gasteiger charge is 2.35. The second-order valence-electron chi connectivity index (χ2n) is 9.00. The SMILES string of the molecule is Cn1nc(C2CCN(CCN3C(=O)c4ccccc4C3=O)CC2)n(C2CCCC2)c1=O. The highest BCUT2D eigenvalue weighted by atomic mass is 16.2. The van der Waals surface area contributed by atoms with E-state index in [-0.39, 0.29) is 23.4 Å². The Balaban J connectivity index is 1.21. The van der Waals surface area contributed by atoms with Crippen LogP contribution in [0.5, 0.6) is 0 Å². The van der Waals surface area contributed by atoms with E-state index < -0.39 is 0 Å². The van der Waals surface area contributed by atoms with E-state index in [2.05, 4.69) is 10.00 Å². The molecule has 31 heavy (non-hydrogen) atoms. The molecule has 2 aromatic rings. The van der Waals surface area contributed by atoms with Crippen LogP contribution in [0.25, 0.3) is 0 Å². The van der Waals surface area contributed by atoms with Gasteiger partial charge >= 0.3 is 5.69 Å². The van der Waals surface area contributed by atoms with Crippen LogP contribution in [0.1, 0.15) is 77.0 Å². The van der Waals surface area contributed by atoms with Crippen molar-refractivity contribution in [3.8, 4) is 0 Å². The van der Waals surface area contributed by atoms with Gasteiger partial charge in [0.25, 0.3) is 11.8 Å². The lowest BCUT2D eigenvalue weighted by atomic mass is 9.95. The molecule has 1 aliphatic carbocycles. The van der Waals surface area contributed by atoms with Crippen molar-refractivity contribution in [2.24, 2.45) is 7.05 Å². The Morgan fingerprint density at radius 2 is 1.52 bits per heavy atom. The smallest absolute Gasteiger partial charge is 0.302 e. The highest BCUT2D eigenvalue weighted by molar-refractivity contribution is 6.21. The van der Waals surface area contributed by atoms with Crippen LogP contribution in [-0.2, 0) is 7.05 Å². The zero-order valence-corrected chi connectivity index (χ0v) is 18.0. The predicted octanol–water partition coefficient (Wildman–Crippen LogP) is 2.17. The standard InChI is InChI=1S/C23H29N5O3/c1-25-23(31)28(17-6-2-3-7-17)20(24-25)16-10-12-26(13-11-16)14-15-27-21(29)18-8-4-5-9-19(18)22(27)30/h4-5,8-9,16-17H,2-3,6-7,10-15H2,1H3. The summed E-state index contributed by atoms with van der Waals surface area (Å²) in [4.78, 5) is 41.5. The van der Waals surface area contributed by atoms with Gasteiger partial charge in [-0.05, 0) is 50.9 Å². The molecule has 0 spiro atoms. The first kappa shape index (κ1) is 20.2. The number of carbonyl (C=O) groups is 2. The minimum Gasteiger partial charge on any atom is -0.302 e. The topological polar surface area (TPSA) is 80.4 Å². The number of likely N-dealkylation sites (tertiary alicyclic amines) is 1. The molecule has 0 atom stereocenters. The molecule has 8 nitrogen and oxygen atoms in total. The number of aromatic nitrogens is 3. The van der Waals surface area contributed by atoms with Crippen LogP contribution >= 0.6 is 0 Å². The number of nitrogens with zero attached hydrogens (tertiary/aromatic N) is 5. The van der Waals surface area contributed by atoms with E-state index in [0.717, 1.165) is 44.6 Å². The number of hydrogen-bond donors (Lipinski definition) is 0. The fraction of sp³-hybridized carbons (Fsp3) is 0.565. The lowest BCUT2D eigenvalue weighted by molar-refractivity contribution is 0.0629. The number of piperidine rings is 1. The van der Waals surface area contributed by atoms with Gasteiger partial charge in [-0.1, -0.05) is 25.0 Å². The summed E-state index contributed by atoms with van der Waals surface area (Å²) in [6.45, 7) is 2.84. The molecule has 2 aliphatic heterocycles. The van der Waals surface area contributed by atoms with Gasteiger partial charge in [-0.25, -0.2) is 9.48 Å². The van der Waals surface area contributed by atoms with E-state index in [1.165, 1.54) is 22.4 Å². The Morgan fingerprint density at radius 3 is 2.13 bits per heavy atom. The molecule has 3 heterocycles. The zero-order chi connectivity index (χ0) is 21.5. The third-order valence-electron chi connectivity index (χ3n) is 7.14. The van der Waals surface area contributed by atoms with E-state index in [9.17, 15) is 14.4 Å². The fourth-order valence-corrected chi connectivity index (χ4v) is 5.38. The molecule has 0 N–H and O–H groups in total. The van der Waals surface area contributed by atoms with Crippen molar-refractivity contribution in [3.05, 3.63) is 51.7 Å². The first-order chi connectivity index (χ1) is 15.0. The second-order valence-corrected chi connectivity index (χ2v) is 9.00. The zero-order valence-electron chi connectivity index (χ0n) is 18.0. The van der Waals surface area contributed by atoms with Crippen LogP contribution in [0.3, 0.4) is 0 Å². The number of rotatable bonds is 5. The quantitative estimate of drug-likeness (QED) is 0.689. The van der Waals surface area contributed by atoms with Crippen LogP contribution < -0.4 is 5.69 Å². The van der Waals surface area contributed by atoms with Crippen molar-refractivity contribution >= 4 is 11.8 Å². The Hall–Kier alpha value is -2.74. The Kier molecular flexibility index (Phi) is 5.25. The molecule has 0 unspecified atom stereocenters. The number of imide groups is 1. The lowest BCUT2D eigenvalue weighted by Gasteiger charge is -2.32. The van der Waals surface area contributed by atoms with E-state index >= 15 is 0 Å². The van der Waals surface area contributed by atoms with Crippen molar-refractivity contribution in [2.75, 3.05) is 26.2 Å². The third kappa shape index (κ3) is 3.52. The summed E-state index contributed by atoms with van der Waals surface area (Å²) in [6, 6.07) is 7.32. The van der Waals surface area contributed by atoms with Gasteiger partial charge < -0.3 is 4.90 Å². The lowest BCUT2D eigenvalue weighted by Crippen LogP contribution is -2.41. The first-order valence-corrected chi connectivity index (χ1v) is 11.4. The number of amides is 2. The monoisotopic (exact) mass is 423 g/mol. The summed E-state index contributed by atoms with van der Waals surface area (Å²) in [5.74, 6) is 0.846. The molecule has 0 radical (unpaired) electrons. The van der Waals surface area contributed by atoms with Gasteiger partial charge in [0.2, 0.25) is 0 Å². The second kappa shape index (κ2) is 8.07. The third-order valence-corrected chi connectivity index (χ3v) is 7.14. The molecule has 1 aromatic heterocycles. The maximum absolute atomic E-state index is 12.7. The average Bonchev–Trinajstić information content (AvgIpc) is 3.47. The van der Waals surface area contributed by atoms with Crippen molar-refractivity contribution in [3.63, 3.8) is 0 Å². The van der Waals surface area contributed by atoms with E-state index in [4.69, 9.17) is 0 Å². The number of benzene rings is 1. The number of hydrogen-bond acceptors (Lipinski definition) is 5. The summed E-state index contributed by atoms with van der Waals surface area (Å²) in [7, 11) is 1.74. The van der Waals surface area contributed by atoms with Crippen LogP contribution in [-0.4, -0.2) is 62.1 Å². The Bertz CT molecular complexity index is 1020. The molecule has 3 aliphatic rings. The van der Waals surface area contributed by atoms with Crippen molar-refractivity contribution < 1.29 is 9.59 Å². The van der Waals surface area contributed by atoms with Crippen LogP contribution in [0.15, 0.2) is 29.1 Å².